The van der Waals surface area contributed by atoms with E-state index < -0.39 is 0 Å². The Balaban J connectivity index is 1.73. The van der Waals surface area contributed by atoms with Crippen LogP contribution in [0, 0.1) is 0 Å². The summed E-state index contributed by atoms with van der Waals surface area (Å²) in [5.74, 6) is 0. The smallest absolute Gasteiger partial charge is 0.0640 e. The first-order valence-electron chi connectivity index (χ1n) is 6.39. The first-order valence-corrected chi connectivity index (χ1v) is 6.39. The molecule has 96 valence electrons. The van der Waals surface area contributed by atoms with E-state index in [9.17, 15) is 0 Å². The van der Waals surface area contributed by atoms with Crippen LogP contribution in [-0.4, -0.2) is 33.6 Å². The van der Waals surface area contributed by atoms with Gasteiger partial charge in [-0.05, 0) is 25.7 Å². The van der Waals surface area contributed by atoms with E-state index in [0.717, 1.165) is 19.4 Å². The zero-order valence-electron chi connectivity index (χ0n) is 10.2. The van der Waals surface area contributed by atoms with Crippen molar-refractivity contribution in [2.45, 2.75) is 50.9 Å². The van der Waals surface area contributed by atoms with Crippen molar-refractivity contribution >= 4 is 0 Å². The molecule has 1 aromatic rings. The van der Waals surface area contributed by atoms with Crippen LogP contribution in [0.3, 0.4) is 0 Å². The van der Waals surface area contributed by atoms with Crippen molar-refractivity contribution in [1.29, 1.82) is 0 Å². The van der Waals surface area contributed by atoms with Crippen LogP contribution in [0.1, 0.15) is 31.2 Å². The Morgan fingerprint density at radius 3 is 2.88 bits per heavy atom. The Labute approximate surface area is 102 Å². The Morgan fingerprint density at radius 1 is 1.41 bits per heavy atom. The van der Waals surface area contributed by atoms with Gasteiger partial charge < -0.3 is 16.2 Å². The highest BCUT2D eigenvalue weighted by atomic mass is 16.3. The number of aliphatic hydroxyl groups is 1. The van der Waals surface area contributed by atoms with Gasteiger partial charge in [0.05, 0.1) is 19.3 Å². The third-order valence-corrected chi connectivity index (χ3v) is 3.38. The van der Waals surface area contributed by atoms with Crippen LogP contribution in [0.2, 0.25) is 0 Å². The summed E-state index contributed by atoms with van der Waals surface area (Å²) in [7, 11) is 0. The topological polar surface area (TPSA) is 76.1 Å². The summed E-state index contributed by atoms with van der Waals surface area (Å²) in [4.78, 5) is 0. The highest BCUT2D eigenvalue weighted by molar-refractivity contribution is 5.03. The molecule has 1 fully saturated rings. The van der Waals surface area contributed by atoms with Crippen molar-refractivity contribution < 1.29 is 5.11 Å². The van der Waals surface area contributed by atoms with Gasteiger partial charge in [-0.15, -0.1) is 0 Å². The van der Waals surface area contributed by atoms with Gasteiger partial charge in [-0.2, -0.15) is 5.10 Å². The van der Waals surface area contributed by atoms with Crippen LogP contribution in [0.4, 0.5) is 0 Å². The van der Waals surface area contributed by atoms with Gasteiger partial charge in [-0.1, -0.05) is 0 Å². The van der Waals surface area contributed by atoms with E-state index in [4.69, 9.17) is 10.8 Å². The van der Waals surface area contributed by atoms with Gasteiger partial charge in [0, 0.05) is 30.4 Å². The molecule has 17 heavy (non-hydrogen) atoms. The molecule has 0 aliphatic heterocycles. The molecule has 1 aliphatic carbocycles. The van der Waals surface area contributed by atoms with Gasteiger partial charge in [0.15, 0.2) is 0 Å². The number of nitrogens with one attached hydrogen (secondary N) is 1. The number of nitrogens with zero attached hydrogens (tertiary/aromatic N) is 2. The Morgan fingerprint density at radius 2 is 2.18 bits per heavy atom. The van der Waals surface area contributed by atoms with Crippen molar-refractivity contribution in [3.05, 3.63) is 18.0 Å². The average molecular weight is 238 g/mol. The fourth-order valence-electron chi connectivity index (χ4n) is 2.31. The van der Waals surface area contributed by atoms with Crippen molar-refractivity contribution in [1.82, 2.24) is 15.1 Å². The highest BCUT2D eigenvalue weighted by Crippen LogP contribution is 2.17. The summed E-state index contributed by atoms with van der Waals surface area (Å²) in [5.41, 5.74) is 7.05. The molecule has 0 spiro atoms. The lowest BCUT2D eigenvalue weighted by Gasteiger charge is -2.26. The number of aliphatic hydroxyl groups excluding tert-OH is 1. The molecule has 5 nitrogen and oxygen atoms in total. The molecule has 0 atom stereocenters. The van der Waals surface area contributed by atoms with Crippen LogP contribution in [-0.2, 0) is 13.1 Å². The number of hydrogen-bond donors (Lipinski definition) is 3. The van der Waals surface area contributed by atoms with E-state index >= 15 is 0 Å². The first-order chi connectivity index (χ1) is 8.28. The lowest BCUT2D eigenvalue weighted by molar-refractivity contribution is 0.269. The zero-order chi connectivity index (χ0) is 12.1. The number of nitrogens with two attached hydrogens (primary N) is 1. The van der Waals surface area contributed by atoms with Gasteiger partial charge in [0.2, 0.25) is 0 Å². The second-order valence-electron chi connectivity index (χ2n) is 4.83. The van der Waals surface area contributed by atoms with Gasteiger partial charge in [0.1, 0.15) is 0 Å². The molecule has 0 saturated heterocycles. The summed E-state index contributed by atoms with van der Waals surface area (Å²) in [6, 6.07) is 0.997. The summed E-state index contributed by atoms with van der Waals surface area (Å²) in [5, 5.41) is 16.5. The largest absolute Gasteiger partial charge is 0.394 e. The van der Waals surface area contributed by atoms with E-state index in [1.807, 2.05) is 12.4 Å². The summed E-state index contributed by atoms with van der Waals surface area (Å²) in [6.07, 6.45) is 8.44. The van der Waals surface area contributed by atoms with Gasteiger partial charge in [0.25, 0.3) is 0 Å². The van der Waals surface area contributed by atoms with Gasteiger partial charge in [-0.3, -0.25) is 4.68 Å². The molecule has 5 heteroatoms. The van der Waals surface area contributed by atoms with Crippen molar-refractivity contribution in [3.63, 3.8) is 0 Å². The number of aromatic nitrogens is 2. The van der Waals surface area contributed by atoms with Crippen LogP contribution in [0.25, 0.3) is 0 Å². The predicted molar refractivity (Wildman–Crippen MR) is 66.4 cm³/mol. The van der Waals surface area contributed by atoms with E-state index in [2.05, 4.69) is 10.4 Å². The third kappa shape index (κ3) is 3.80. The maximum absolute atomic E-state index is 8.80. The number of hydrogen-bond acceptors (Lipinski definition) is 4. The molecule has 1 aliphatic rings. The van der Waals surface area contributed by atoms with Crippen LogP contribution in [0.15, 0.2) is 12.4 Å². The molecule has 4 N–H and O–H groups in total. The minimum atomic E-state index is 0.134. The van der Waals surface area contributed by atoms with Crippen LogP contribution < -0.4 is 11.1 Å². The molecule has 1 aromatic heterocycles. The molecule has 0 amide bonds. The molecule has 0 unspecified atom stereocenters. The van der Waals surface area contributed by atoms with Gasteiger partial charge in [-0.25, -0.2) is 0 Å². The Hall–Kier alpha value is -0.910. The maximum Gasteiger partial charge on any atom is 0.0640 e. The maximum atomic E-state index is 8.80. The lowest BCUT2D eigenvalue weighted by atomic mass is 9.92. The summed E-state index contributed by atoms with van der Waals surface area (Å²) >= 11 is 0. The SMILES string of the molecule is NC1CCC(NCc2cnn(CCO)c2)CC1. The van der Waals surface area contributed by atoms with E-state index in [1.54, 1.807) is 4.68 Å². The quantitative estimate of drug-likeness (QED) is 0.686. The molecule has 2 rings (SSSR count). The van der Waals surface area contributed by atoms with Crippen molar-refractivity contribution in [2.75, 3.05) is 6.61 Å². The second-order valence-corrected chi connectivity index (χ2v) is 4.83. The fraction of sp³-hybridized carbons (Fsp3) is 0.750. The minimum absolute atomic E-state index is 0.134. The lowest BCUT2D eigenvalue weighted by Crippen LogP contribution is -2.36. The monoisotopic (exact) mass is 238 g/mol. The highest BCUT2D eigenvalue weighted by Gasteiger charge is 2.17. The van der Waals surface area contributed by atoms with E-state index in [1.165, 1.54) is 18.4 Å². The van der Waals surface area contributed by atoms with Crippen LogP contribution >= 0.6 is 0 Å². The first kappa shape index (κ1) is 12.5. The van der Waals surface area contributed by atoms with E-state index in [-0.39, 0.29) is 6.61 Å². The van der Waals surface area contributed by atoms with Gasteiger partial charge >= 0.3 is 0 Å². The van der Waals surface area contributed by atoms with Crippen LogP contribution in [0.5, 0.6) is 0 Å². The minimum Gasteiger partial charge on any atom is -0.394 e. The standard InChI is InChI=1S/C12H22N4O/c13-11-1-3-12(4-2-11)14-7-10-8-15-16(9-10)5-6-17/h8-9,11-12,14,17H,1-7,13H2. The zero-order valence-corrected chi connectivity index (χ0v) is 10.2. The normalized spacial score (nSPS) is 25.1. The second kappa shape index (κ2) is 6.14. The summed E-state index contributed by atoms with van der Waals surface area (Å²) < 4.78 is 1.77. The Bertz CT molecular complexity index is 331. The molecule has 1 heterocycles. The molecule has 1 saturated carbocycles. The summed E-state index contributed by atoms with van der Waals surface area (Å²) in [6.45, 7) is 1.55. The fourth-order valence-corrected chi connectivity index (χ4v) is 2.31. The van der Waals surface area contributed by atoms with Crippen molar-refractivity contribution in [2.24, 2.45) is 5.73 Å². The molecule has 0 bridgehead atoms. The van der Waals surface area contributed by atoms with E-state index in [0.29, 0.717) is 18.6 Å². The Kier molecular flexibility index (Phi) is 4.53. The molecule has 0 radical (unpaired) electrons. The van der Waals surface area contributed by atoms with Crippen molar-refractivity contribution in [3.8, 4) is 0 Å². The predicted octanol–water partition coefficient (Wildman–Crippen LogP) is 0.235. The molecular formula is C12H22N4O. The molecule has 0 aromatic carbocycles. The third-order valence-electron chi connectivity index (χ3n) is 3.38. The average Bonchev–Trinajstić information content (AvgIpc) is 2.77. The molecular weight excluding hydrogens is 216 g/mol. The number of rotatable bonds is 5.